The third-order valence-electron chi connectivity index (χ3n) is 9.56. The van der Waals surface area contributed by atoms with Crippen molar-refractivity contribution < 1.29 is 30.6 Å². The topological polar surface area (TPSA) is 64.1 Å². The quantitative estimate of drug-likeness (QED) is 0.175. The Labute approximate surface area is 317 Å². The van der Waals surface area contributed by atoms with E-state index in [0.29, 0.717) is 17.0 Å². The van der Waals surface area contributed by atoms with Crippen molar-refractivity contribution in [3.8, 4) is 56.3 Å². The number of imidazole rings is 1. The number of aromatic hydroxyl groups is 1. The van der Waals surface area contributed by atoms with Gasteiger partial charge in [0.05, 0.1) is 22.3 Å². The van der Waals surface area contributed by atoms with Gasteiger partial charge in [0.15, 0.2) is 11.3 Å². The summed E-state index contributed by atoms with van der Waals surface area (Å²) >= 11 is 1.71. The summed E-state index contributed by atoms with van der Waals surface area (Å²) in [5.74, 6) is 0.704. The molecule has 252 valence electrons. The van der Waals surface area contributed by atoms with Crippen LogP contribution >= 0.6 is 11.3 Å². The van der Waals surface area contributed by atoms with Gasteiger partial charge in [0.2, 0.25) is 0 Å². The van der Waals surface area contributed by atoms with Gasteiger partial charge in [-0.2, -0.15) is 0 Å². The van der Waals surface area contributed by atoms with Crippen molar-refractivity contribution in [2.45, 2.75) is 6.92 Å². The Morgan fingerprint density at radius 1 is 0.731 bits per heavy atom. The maximum Gasteiger partial charge on any atom is 0.179 e. The van der Waals surface area contributed by atoms with Gasteiger partial charge in [-0.15, -0.1) is 41.2 Å². The predicted octanol–water partition coefficient (Wildman–Crippen LogP) is 12.0. The van der Waals surface area contributed by atoms with Gasteiger partial charge in [0.1, 0.15) is 11.4 Å². The summed E-state index contributed by atoms with van der Waals surface area (Å²) < 4.78 is 9.69. The molecule has 0 unspecified atom stereocenters. The smallest absolute Gasteiger partial charge is 0.179 e. The van der Waals surface area contributed by atoms with Gasteiger partial charge in [-0.3, -0.25) is 9.55 Å². The summed E-state index contributed by atoms with van der Waals surface area (Å²) in [7, 11) is 0. The Morgan fingerprint density at radius 3 is 2.35 bits per heavy atom. The number of pyridine rings is 1. The van der Waals surface area contributed by atoms with Crippen molar-refractivity contribution in [2.75, 3.05) is 0 Å². The minimum absolute atomic E-state index is 0. The van der Waals surface area contributed by atoms with E-state index in [4.69, 9.17) is 9.40 Å². The zero-order chi connectivity index (χ0) is 34.1. The largest absolute Gasteiger partial charge is 0.504 e. The molecule has 0 saturated carbocycles. The predicted molar refractivity (Wildman–Crippen MR) is 209 cm³/mol. The first-order chi connectivity index (χ1) is 25.1. The van der Waals surface area contributed by atoms with Gasteiger partial charge in [-0.05, 0) is 42.8 Å². The van der Waals surface area contributed by atoms with Crippen molar-refractivity contribution in [1.82, 2.24) is 14.5 Å². The Balaban J connectivity index is 0.00000360. The number of benzene rings is 6. The van der Waals surface area contributed by atoms with Crippen LogP contribution < -0.4 is 0 Å². The molecule has 52 heavy (non-hydrogen) atoms. The Bertz CT molecular complexity index is 2950. The molecule has 7 heteroatoms. The molecule has 0 atom stereocenters. The van der Waals surface area contributed by atoms with Crippen LogP contribution in [0.2, 0.25) is 0 Å². The summed E-state index contributed by atoms with van der Waals surface area (Å²) in [5.41, 5.74) is 10.2. The first-order valence-corrected chi connectivity index (χ1v) is 17.6. The van der Waals surface area contributed by atoms with Crippen LogP contribution in [0.25, 0.3) is 93.6 Å². The first-order valence-electron chi connectivity index (χ1n) is 16.8. The maximum atomic E-state index is 12.4. The number of aryl methyl sites for hydroxylation is 1. The molecule has 0 amide bonds. The van der Waals surface area contributed by atoms with Crippen molar-refractivity contribution >= 4 is 54.4 Å². The number of aromatic nitrogens is 3. The monoisotopic (exact) mass is 869 g/mol. The third-order valence-corrected chi connectivity index (χ3v) is 10.6. The van der Waals surface area contributed by atoms with E-state index in [1.165, 1.54) is 0 Å². The van der Waals surface area contributed by atoms with Gasteiger partial charge in [-0.1, -0.05) is 102 Å². The fraction of sp³-hybridized carbons (Fsp3) is 0.0222. The van der Waals surface area contributed by atoms with Crippen LogP contribution in [0.4, 0.5) is 0 Å². The number of para-hydroxylation sites is 3. The van der Waals surface area contributed by atoms with Gasteiger partial charge in [0.25, 0.3) is 0 Å². The average Bonchev–Trinajstić information content (AvgIpc) is 3.88. The number of furan rings is 1. The number of hydrogen-bond donors (Lipinski definition) is 1. The fourth-order valence-electron chi connectivity index (χ4n) is 7.35. The van der Waals surface area contributed by atoms with Crippen LogP contribution in [0.5, 0.6) is 5.75 Å². The molecule has 0 aliphatic rings. The molecule has 10 rings (SSSR count). The molecule has 0 saturated heterocycles. The molecule has 0 aliphatic carbocycles. The average molecular weight is 870 g/mol. The van der Waals surface area contributed by atoms with E-state index in [0.717, 1.165) is 81.6 Å². The number of fused-ring (bicyclic) bond motifs is 6. The number of nitrogens with zero attached hydrogens (tertiary/aromatic N) is 3. The van der Waals surface area contributed by atoms with Gasteiger partial charge >= 0.3 is 0 Å². The van der Waals surface area contributed by atoms with E-state index in [9.17, 15) is 5.11 Å². The minimum Gasteiger partial charge on any atom is -0.504 e. The Hall–Kier alpha value is -5.81. The molecule has 0 fully saturated rings. The molecular weight excluding hydrogens is 842 g/mol. The third kappa shape index (κ3) is 5.02. The maximum absolute atomic E-state index is 12.4. The molecule has 0 bridgehead atoms. The van der Waals surface area contributed by atoms with Crippen LogP contribution in [0.1, 0.15) is 4.88 Å². The number of rotatable bonds is 5. The van der Waals surface area contributed by atoms with Crippen LogP contribution in [-0.4, -0.2) is 19.6 Å². The van der Waals surface area contributed by atoms with E-state index >= 15 is 0 Å². The van der Waals surface area contributed by atoms with Crippen LogP contribution in [-0.2, 0) is 21.1 Å². The zero-order valence-corrected chi connectivity index (χ0v) is 30.9. The fourth-order valence-corrected chi connectivity index (χ4v) is 8.42. The first kappa shape index (κ1) is 32.1. The van der Waals surface area contributed by atoms with Crippen molar-refractivity contribution in [3.63, 3.8) is 0 Å². The Morgan fingerprint density at radius 2 is 1.48 bits per heavy atom. The van der Waals surface area contributed by atoms with Crippen LogP contribution in [0.3, 0.4) is 0 Å². The molecule has 5 nitrogen and oxygen atoms in total. The number of hydrogen-bond acceptors (Lipinski definition) is 5. The van der Waals surface area contributed by atoms with Crippen molar-refractivity contribution in [1.29, 1.82) is 0 Å². The summed E-state index contributed by atoms with van der Waals surface area (Å²) in [6, 6.07) is 50.8. The minimum atomic E-state index is 0. The van der Waals surface area contributed by atoms with Crippen LogP contribution in [0, 0.1) is 13.0 Å². The molecule has 6 aromatic carbocycles. The number of phenolic OH excluding ortho intramolecular Hbond substituents is 1. The summed E-state index contributed by atoms with van der Waals surface area (Å²) in [4.78, 5) is 11.2. The molecular formula is C45H28N3O2PtS-. The zero-order valence-electron chi connectivity index (χ0n) is 27.8. The van der Waals surface area contributed by atoms with Gasteiger partial charge in [0, 0.05) is 64.3 Å². The number of phenols is 1. The molecule has 1 N–H and O–H groups in total. The van der Waals surface area contributed by atoms with E-state index in [-0.39, 0.29) is 26.8 Å². The van der Waals surface area contributed by atoms with Crippen molar-refractivity contribution in [2.24, 2.45) is 0 Å². The standard InChI is InChI=1S/C45H28N3O2S.Pt/c1-27-25-34-39(42(49)43-40(44(34)51-27)33-18-6-8-23-38(33)50-43)45-47-41-32(29-15-11-16-30(26-29)35-20-9-10-24-46-35)19-12-22-37(41)48(45)36-21-7-5-17-31(36)28-13-3-2-4-14-28;/h2-25,49H,1H3;/q-1;. The number of thiophene rings is 1. The van der Waals surface area contributed by atoms with Crippen LogP contribution in [0.15, 0.2) is 150 Å². The second-order valence-electron chi connectivity index (χ2n) is 12.6. The molecule has 4 aromatic heterocycles. The van der Waals surface area contributed by atoms with Gasteiger partial charge in [-0.25, -0.2) is 4.98 Å². The van der Waals surface area contributed by atoms with E-state index in [1.807, 2.05) is 54.6 Å². The normalized spacial score (nSPS) is 11.5. The SMILES string of the molecule is Cc1cc2c(-c3nc4c(-c5[c-]c(-c6ccccn6)ccc5)cccc4n3-c3ccccc3-c3ccccc3)c(O)c3oc4ccccc4c3c2s1.[Pt]. The van der Waals surface area contributed by atoms with E-state index in [1.54, 1.807) is 17.5 Å². The molecule has 10 aromatic rings. The molecule has 0 spiro atoms. The van der Waals surface area contributed by atoms with E-state index in [2.05, 4.69) is 107 Å². The van der Waals surface area contributed by atoms with Crippen molar-refractivity contribution in [3.05, 3.63) is 157 Å². The Kier molecular flexibility index (Phi) is 7.88. The molecule has 0 aliphatic heterocycles. The molecule has 0 radical (unpaired) electrons. The summed E-state index contributed by atoms with van der Waals surface area (Å²) in [6.07, 6.45) is 1.80. The summed E-state index contributed by atoms with van der Waals surface area (Å²) in [5, 5.41) is 15.2. The van der Waals surface area contributed by atoms with E-state index < -0.39 is 0 Å². The second-order valence-corrected chi connectivity index (χ2v) is 13.9. The second kappa shape index (κ2) is 12.8. The van der Waals surface area contributed by atoms with Gasteiger partial charge < -0.3 is 9.52 Å². The summed E-state index contributed by atoms with van der Waals surface area (Å²) in [6.45, 7) is 2.11. The molecule has 4 heterocycles.